The maximum absolute atomic E-state index is 13.5. The van der Waals surface area contributed by atoms with Gasteiger partial charge < -0.3 is 19.5 Å². The van der Waals surface area contributed by atoms with Gasteiger partial charge in [0.25, 0.3) is 5.91 Å². The van der Waals surface area contributed by atoms with Gasteiger partial charge in [-0.05, 0) is 54.2 Å². The molecule has 0 bridgehead atoms. The number of para-hydroxylation sites is 1. The molecule has 9 nitrogen and oxygen atoms in total. The highest BCUT2D eigenvalue weighted by Gasteiger charge is 2.20. The summed E-state index contributed by atoms with van der Waals surface area (Å²) in [5.74, 6) is 0.262. The predicted molar refractivity (Wildman–Crippen MR) is 168 cm³/mol. The minimum Gasteiger partial charge on any atom is -0.497 e. The van der Waals surface area contributed by atoms with Crippen LogP contribution in [-0.2, 0) is 4.74 Å². The van der Waals surface area contributed by atoms with Gasteiger partial charge in [-0.25, -0.2) is 9.78 Å². The number of nitrogens with zero attached hydrogens (tertiary/aromatic N) is 1. The number of benzene rings is 3. The van der Waals surface area contributed by atoms with Gasteiger partial charge in [-0.15, -0.1) is 11.3 Å². The van der Waals surface area contributed by atoms with Crippen molar-refractivity contribution in [1.29, 1.82) is 0 Å². The van der Waals surface area contributed by atoms with Crippen LogP contribution < -0.4 is 25.6 Å². The van der Waals surface area contributed by atoms with Gasteiger partial charge in [0.15, 0.2) is 5.11 Å². The lowest BCUT2D eigenvalue weighted by molar-refractivity contribution is 0.0602. The molecular weight excluding hydrogens is 572 g/mol. The van der Waals surface area contributed by atoms with Gasteiger partial charge in [-0.2, -0.15) is 0 Å². The lowest BCUT2D eigenvalue weighted by Gasteiger charge is -2.15. The molecular formula is C31H26N4O5S2. The number of ether oxygens (including phenoxy) is 3. The van der Waals surface area contributed by atoms with E-state index in [0.717, 1.165) is 10.4 Å². The Bertz CT molecular complexity index is 1790. The number of thiocarbonyl (C=S) groups is 1. The number of rotatable bonds is 7. The standard InChI is InChI=1S/C31H26N4O5S2/c1-38-19-13-14-26(39-2)22(15-19)25-16-21(20-11-7-8-12-24(20)32-25)28(36)34-35-31(41)33-29-23(30(37)40-3)17-27(42-29)18-9-5-4-6-10-18/h4-17H,1-3H3,(H,34,36)(H2,33,35,41). The molecule has 0 radical (unpaired) electrons. The number of anilines is 1. The van der Waals surface area contributed by atoms with Crippen LogP contribution in [0.15, 0.2) is 84.9 Å². The monoisotopic (exact) mass is 598 g/mol. The number of aromatic nitrogens is 1. The molecule has 3 aromatic carbocycles. The number of hydrogen-bond donors (Lipinski definition) is 3. The van der Waals surface area contributed by atoms with Crippen molar-refractivity contribution in [2.45, 2.75) is 0 Å². The molecule has 0 atom stereocenters. The Labute approximate surface area is 251 Å². The van der Waals surface area contributed by atoms with E-state index in [1.54, 1.807) is 44.6 Å². The van der Waals surface area contributed by atoms with Crippen molar-refractivity contribution < 1.29 is 23.8 Å². The van der Waals surface area contributed by atoms with Crippen LogP contribution in [-0.4, -0.2) is 43.3 Å². The Morgan fingerprint density at radius 1 is 0.833 bits per heavy atom. The van der Waals surface area contributed by atoms with Crippen molar-refractivity contribution >= 4 is 56.4 Å². The lowest BCUT2D eigenvalue weighted by Crippen LogP contribution is -2.43. The molecule has 5 rings (SSSR count). The fourth-order valence-electron chi connectivity index (χ4n) is 4.32. The maximum atomic E-state index is 13.5. The number of methoxy groups -OCH3 is 3. The second-order valence-electron chi connectivity index (χ2n) is 8.88. The summed E-state index contributed by atoms with van der Waals surface area (Å²) in [6.45, 7) is 0. The molecule has 0 saturated heterocycles. The van der Waals surface area contributed by atoms with Crippen LogP contribution >= 0.6 is 23.6 Å². The third-order valence-corrected chi connectivity index (χ3v) is 7.66. The number of hydrogen-bond acceptors (Lipinski definition) is 8. The second-order valence-corrected chi connectivity index (χ2v) is 10.3. The van der Waals surface area contributed by atoms with Crippen molar-refractivity contribution in [2.75, 3.05) is 26.6 Å². The van der Waals surface area contributed by atoms with Gasteiger partial charge in [0.2, 0.25) is 0 Å². The van der Waals surface area contributed by atoms with E-state index in [1.807, 2.05) is 54.6 Å². The van der Waals surface area contributed by atoms with Crippen molar-refractivity contribution in [3.63, 3.8) is 0 Å². The molecule has 2 aromatic heterocycles. The minimum atomic E-state index is -0.508. The summed E-state index contributed by atoms with van der Waals surface area (Å²) in [4.78, 5) is 31.6. The van der Waals surface area contributed by atoms with E-state index in [1.165, 1.54) is 18.4 Å². The summed E-state index contributed by atoms with van der Waals surface area (Å²) in [6.07, 6.45) is 0. The molecule has 2 heterocycles. The molecule has 0 fully saturated rings. The van der Waals surface area contributed by atoms with Crippen LogP contribution in [0.3, 0.4) is 0 Å². The fourth-order valence-corrected chi connectivity index (χ4v) is 5.59. The first-order valence-corrected chi connectivity index (χ1v) is 13.9. The number of esters is 1. The van der Waals surface area contributed by atoms with Crippen LogP contribution in [0.25, 0.3) is 32.6 Å². The van der Waals surface area contributed by atoms with Crippen molar-refractivity contribution in [2.24, 2.45) is 0 Å². The van der Waals surface area contributed by atoms with Gasteiger partial charge in [0.1, 0.15) is 16.5 Å². The highest BCUT2D eigenvalue weighted by atomic mass is 32.1. The molecule has 212 valence electrons. The van der Waals surface area contributed by atoms with Crippen molar-refractivity contribution in [3.05, 3.63) is 96.1 Å². The summed E-state index contributed by atoms with van der Waals surface area (Å²) in [5.41, 5.74) is 8.86. The molecule has 0 aliphatic heterocycles. The lowest BCUT2D eigenvalue weighted by atomic mass is 10.0. The minimum absolute atomic E-state index is 0.0861. The normalized spacial score (nSPS) is 10.5. The first-order valence-electron chi connectivity index (χ1n) is 12.7. The zero-order valence-electron chi connectivity index (χ0n) is 22.9. The van der Waals surface area contributed by atoms with Crippen molar-refractivity contribution in [3.8, 4) is 33.2 Å². The molecule has 5 aromatic rings. The topological polar surface area (TPSA) is 111 Å². The number of nitrogens with one attached hydrogen (secondary N) is 3. The highest BCUT2D eigenvalue weighted by molar-refractivity contribution is 7.80. The fraction of sp³-hybridized carbons (Fsp3) is 0.0968. The van der Waals surface area contributed by atoms with E-state index < -0.39 is 11.9 Å². The summed E-state index contributed by atoms with van der Waals surface area (Å²) in [6, 6.07) is 25.8. The SMILES string of the molecule is COC(=O)c1cc(-c2ccccc2)sc1NC(=S)NNC(=O)c1cc(-c2cc(OC)ccc2OC)nc2ccccc12. The Morgan fingerprint density at radius 3 is 2.33 bits per heavy atom. The summed E-state index contributed by atoms with van der Waals surface area (Å²) in [7, 11) is 4.46. The third-order valence-electron chi connectivity index (χ3n) is 6.36. The second kappa shape index (κ2) is 12.7. The van der Waals surface area contributed by atoms with E-state index in [2.05, 4.69) is 16.2 Å². The average molecular weight is 599 g/mol. The number of amides is 1. The Morgan fingerprint density at radius 2 is 1.60 bits per heavy atom. The third kappa shape index (κ3) is 6.02. The smallest absolute Gasteiger partial charge is 0.340 e. The van der Waals surface area contributed by atoms with Gasteiger partial charge in [-0.3, -0.25) is 15.6 Å². The largest absolute Gasteiger partial charge is 0.497 e. The molecule has 0 aliphatic rings. The number of thiophene rings is 1. The highest BCUT2D eigenvalue weighted by Crippen LogP contribution is 2.36. The predicted octanol–water partition coefficient (Wildman–Crippen LogP) is 6.07. The zero-order chi connectivity index (χ0) is 29.6. The Balaban J connectivity index is 1.39. The number of carbonyl (C=O) groups is 2. The van der Waals surface area contributed by atoms with Crippen LogP contribution in [0, 0.1) is 0 Å². The molecule has 0 spiro atoms. The summed E-state index contributed by atoms with van der Waals surface area (Å²) < 4.78 is 15.9. The molecule has 3 N–H and O–H groups in total. The first-order chi connectivity index (χ1) is 20.4. The van der Waals surface area contributed by atoms with Crippen LogP contribution in [0.2, 0.25) is 0 Å². The van der Waals surface area contributed by atoms with E-state index in [9.17, 15) is 9.59 Å². The molecule has 0 aliphatic carbocycles. The Kier molecular flexibility index (Phi) is 8.60. The van der Waals surface area contributed by atoms with E-state index in [-0.39, 0.29) is 5.11 Å². The van der Waals surface area contributed by atoms with Gasteiger partial charge in [0, 0.05) is 15.8 Å². The Hall–Kier alpha value is -5.00. The van der Waals surface area contributed by atoms with Gasteiger partial charge in [0.05, 0.1) is 43.7 Å². The molecule has 0 unspecified atom stereocenters. The van der Waals surface area contributed by atoms with E-state index in [4.69, 9.17) is 31.4 Å². The van der Waals surface area contributed by atoms with Crippen LogP contribution in [0.4, 0.5) is 5.00 Å². The van der Waals surface area contributed by atoms with Crippen molar-refractivity contribution in [1.82, 2.24) is 15.8 Å². The summed E-state index contributed by atoms with van der Waals surface area (Å²) >= 11 is 6.79. The molecule has 11 heteroatoms. The number of hydrazine groups is 1. The van der Waals surface area contributed by atoms with E-state index in [0.29, 0.717) is 49.8 Å². The van der Waals surface area contributed by atoms with Crippen LogP contribution in [0.5, 0.6) is 11.5 Å². The van der Waals surface area contributed by atoms with E-state index >= 15 is 0 Å². The number of fused-ring (bicyclic) bond motifs is 1. The number of pyridine rings is 1. The van der Waals surface area contributed by atoms with Gasteiger partial charge >= 0.3 is 5.97 Å². The first kappa shape index (κ1) is 28.5. The quantitative estimate of drug-likeness (QED) is 0.117. The molecule has 1 amide bonds. The number of carbonyl (C=O) groups excluding carboxylic acids is 2. The average Bonchev–Trinajstić information content (AvgIpc) is 3.46. The van der Waals surface area contributed by atoms with Crippen LogP contribution in [0.1, 0.15) is 20.7 Å². The maximum Gasteiger partial charge on any atom is 0.340 e. The molecule has 42 heavy (non-hydrogen) atoms. The van der Waals surface area contributed by atoms with Gasteiger partial charge in [-0.1, -0.05) is 48.5 Å². The zero-order valence-corrected chi connectivity index (χ0v) is 24.5. The summed E-state index contributed by atoms with van der Waals surface area (Å²) in [5, 5.41) is 4.23. The molecule has 0 saturated carbocycles.